The van der Waals surface area contributed by atoms with Crippen LogP contribution in [-0.2, 0) is 0 Å². The number of nitrogens with zero attached hydrogens (tertiary/aromatic N) is 2. The molecule has 1 aromatic carbocycles. The molecule has 0 aliphatic heterocycles. The van der Waals surface area contributed by atoms with Gasteiger partial charge in [0.25, 0.3) is 5.91 Å². The third kappa shape index (κ3) is 3.98. The van der Waals surface area contributed by atoms with E-state index in [2.05, 4.69) is 20.6 Å². The van der Waals surface area contributed by atoms with Gasteiger partial charge in [-0.25, -0.2) is 14.4 Å². The van der Waals surface area contributed by atoms with Crippen LogP contribution in [0.3, 0.4) is 0 Å². The first-order valence-electron chi connectivity index (χ1n) is 6.87. The van der Waals surface area contributed by atoms with E-state index in [1.165, 1.54) is 36.7 Å². The predicted octanol–water partition coefficient (Wildman–Crippen LogP) is 1.51. The second-order valence-electron chi connectivity index (χ2n) is 4.59. The maximum Gasteiger partial charge on any atom is 0.254 e. The summed E-state index contributed by atoms with van der Waals surface area (Å²) in [5.41, 5.74) is 0.893. The monoisotopic (exact) mass is 304 g/mol. The first-order chi connectivity index (χ1) is 10.6. The van der Waals surface area contributed by atoms with Gasteiger partial charge in [-0.1, -0.05) is 12.1 Å². The summed E-state index contributed by atoms with van der Waals surface area (Å²) >= 11 is 0. The molecule has 1 heterocycles. The number of aliphatic hydroxyl groups is 1. The molecule has 2 rings (SSSR count). The summed E-state index contributed by atoms with van der Waals surface area (Å²) in [5, 5.41) is 15.0. The average molecular weight is 304 g/mol. The summed E-state index contributed by atoms with van der Waals surface area (Å²) < 4.78 is 12.9. The smallest absolute Gasteiger partial charge is 0.254 e. The molecule has 0 fully saturated rings. The number of aliphatic hydroxyl groups excluding tert-OH is 1. The number of aromatic nitrogens is 2. The van der Waals surface area contributed by atoms with E-state index in [4.69, 9.17) is 0 Å². The van der Waals surface area contributed by atoms with Crippen molar-refractivity contribution >= 4 is 11.9 Å². The Kier molecular flexibility index (Phi) is 5.37. The summed E-state index contributed by atoms with van der Waals surface area (Å²) in [4.78, 5) is 20.2. The van der Waals surface area contributed by atoms with Crippen LogP contribution < -0.4 is 10.6 Å². The largest absolute Gasteiger partial charge is 0.394 e. The number of nitrogens with one attached hydrogen (secondary N) is 2. The summed E-state index contributed by atoms with van der Waals surface area (Å²) in [6, 6.07) is 4.96. The Morgan fingerprint density at radius 1 is 1.27 bits per heavy atom. The molecule has 6 nitrogen and oxygen atoms in total. The van der Waals surface area contributed by atoms with Gasteiger partial charge in [0, 0.05) is 18.9 Å². The molecule has 22 heavy (non-hydrogen) atoms. The standard InChI is InChI=1S/C15H17FN4O2/c1-2-17-15-18-7-11(8-19-15)14(22)20-13(9-21)10-3-5-12(16)6-4-10/h3-8,13,21H,2,9H2,1H3,(H,20,22)(H,17,18,19)/t13-/m1/s1. The zero-order valence-corrected chi connectivity index (χ0v) is 12.1. The number of hydrogen-bond donors (Lipinski definition) is 3. The first-order valence-corrected chi connectivity index (χ1v) is 6.87. The molecule has 7 heteroatoms. The molecule has 3 N–H and O–H groups in total. The number of carbonyl (C=O) groups excluding carboxylic acids is 1. The Bertz CT molecular complexity index is 616. The first kappa shape index (κ1) is 15.8. The van der Waals surface area contributed by atoms with Gasteiger partial charge in [-0.3, -0.25) is 4.79 Å². The molecule has 0 unspecified atom stereocenters. The van der Waals surface area contributed by atoms with Crippen LogP contribution >= 0.6 is 0 Å². The van der Waals surface area contributed by atoms with E-state index in [1.54, 1.807) is 0 Å². The molecule has 0 aliphatic carbocycles. The third-order valence-corrected chi connectivity index (χ3v) is 3.01. The van der Waals surface area contributed by atoms with Crippen LogP contribution in [0.15, 0.2) is 36.7 Å². The van der Waals surface area contributed by atoms with Crippen molar-refractivity contribution in [2.75, 3.05) is 18.5 Å². The molecule has 0 aliphatic rings. The van der Waals surface area contributed by atoms with Crippen molar-refractivity contribution in [3.05, 3.63) is 53.6 Å². The highest BCUT2D eigenvalue weighted by molar-refractivity contribution is 5.93. The fourth-order valence-corrected chi connectivity index (χ4v) is 1.87. The summed E-state index contributed by atoms with van der Waals surface area (Å²) in [5.74, 6) is -0.345. The lowest BCUT2D eigenvalue weighted by Gasteiger charge is -2.16. The lowest BCUT2D eigenvalue weighted by atomic mass is 10.1. The van der Waals surface area contributed by atoms with Gasteiger partial charge in [0.15, 0.2) is 0 Å². The van der Waals surface area contributed by atoms with Gasteiger partial charge in [-0.2, -0.15) is 0 Å². The van der Waals surface area contributed by atoms with Gasteiger partial charge < -0.3 is 15.7 Å². The van der Waals surface area contributed by atoms with Crippen molar-refractivity contribution in [2.45, 2.75) is 13.0 Å². The van der Waals surface area contributed by atoms with Crippen LogP contribution in [0.5, 0.6) is 0 Å². The van der Waals surface area contributed by atoms with E-state index in [0.717, 1.165) is 0 Å². The second-order valence-corrected chi connectivity index (χ2v) is 4.59. The fraction of sp³-hybridized carbons (Fsp3) is 0.267. The third-order valence-electron chi connectivity index (χ3n) is 3.01. The van der Waals surface area contributed by atoms with E-state index in [-0.39, 0.29) is 18.0 Å². The lowest BCUT2D eigenvalue weighted by molar-refractivity contribution is 0.0915. The highest BCUT2D eigenvalue weighted by Crippen LogP contribution is 2.14. The quantitative estimate of drug-likeness (QED) is 0.753. The number of benzene rings is 1. The Hall–Kier alpha value is -2.54. The van der Waals surface area contributed by atoms with Gasteiger partial charge in [-0.15, -0.1) is 0 Å². The van der Waals surface area contributed by atoms with Crippen molar-refractivity contribution < 1.29 is 14.3 Å². The van der Waals surface area contributed by atoms with Gasteiger partial charge >= 0.3 is 0 Å². The number of carbonyl (C=O) groups is 1. The minimum Gasteiger partial charge on any atom is -0.394 e. The highest BCUT2D eigenvalue weighted by Gasteiger charge is 2.15. The molecule has 0 saturated carbocycles. The van der Waals surface area contributed by atoms with Crippen LogP contribution in [0.25, 0.3) is 0 Å². The maximum atomic E-state index is 12.9. The average Bonchev–Trinajstić information content (AvgIpc) is 2.54. The zero-order chi connectivity index (χ0) is 15.9. The number of amides is 1. The molecular formula is C15H17FN4O2. The van der Waals surface area contributed by atoms with E-state index >= 15 is 0 Å². The molecule has 0 spiro atoms. The lowest BCUT2D eigenvalue weighted by Crippen LogP contribution is -2.31. The Morgan fingerprint density at radius 3 is 2.45 bits per heavy atom. The highest BCUT2D eigenvalue weighted by atomic mass is 19.1. The van der Waals surface area contributed by atoms with E-state index in [1.807, 2.05) is 6.92 Å². The second kappa shape index (κ2) is 7.46. The van der Waals surface area contributed by atoms with Gasteiger partial charge in [0.05, 0.1) is 18.2 Å². The maximum absolute atomic E-state index is 12.9. The summed E-state index contributed by atoms with van der Waals surface area (Å²) in [6.45, 7) is 2.30. The summed E-state index contributed by atoms with van der Waals surface area (Å²) in [7, 11) is 0. The van der Waals surface area contributed by atoms with Crippen molar-refractivity contribution in [3.8, 4) is 0 Å². The van der Waals surface area contributed by atoms with E-state index in [0.29, 0.717) is 18.1 Å². The van der Waals surface area contributed by atoms with E-state index in [9.17, 15) is 14.3 Å². The van der Waals surface area contributed by atoms with Gasteiger partial charge in [-0.05, 0) is 24.6 Å². The topological polar surface area (TPSA) is 87.1 Å². The van der Waals surface area contributed by atoms with Crippen LogP contribution in [0.1, 0.15) is 28.9 Å². The van der Waals surface area contributed by atoms with Gasteiger partial charge in [0.1, 0.15) is 5.82 Å². The normalized spacial score (nSPS) is 11.8. The Labute approximate surface area is 127 Å². The molecule has 0 saturated heterocycles. The molecule has 2 aromatic rings. The van der Waals surface area contributed by atoms with Crippen molar-refractivity contribution in [2.24, 2.45) is 0 Å². The predicted molar refractivity (Wildman–Crippen MR) is 79.9 cm³/mol. The van der Waals surface area contributed by atoms with Crippen LogP contribution in [-0.4, -0.2) is 34.1 Å². The van der Waals surface area contributed by atoms with Crippen LogP contribution in [0, 0.1) is 5.82 Å². The molecular weight excluding hydrogens is 287 g/mol. The number of rotatable bonds is 6. The van der Waals surface area contributed by atoms with Crippen molar-refractivity contribution in [1.82, 2.24) is 15.3 Å². The molecule has 1 atom stereocenters. The molecule has 1 amide bonds. The summed E-state index contributed by atoms with van der Waals surface area (Å²) in [6.07, 6.45) is 2.80. The Morgan fingerprint density at radius 2 is 1.91 bits per heavy atom. The van der Waals surface area contributed by atoms with E-state index < -0.39 is 11.9 Å². The van der Waals surface area contributed by atoms with Crippen LogP contribution in [0.2, 0.25) is 0 Å². The Balaban J connectivity index is 2.06. The zero-order valence-electron chi connectivity index (χ0n) is 12.1. The van der Waals surface area contributed by atoms with Crippen molar-refractivity contribution in [3.63, 3.8) is 0 Å². The van der Waals surface area contributed by atoms with Crippen molar-refractivity contribution in [1.29, 1.82) is 0 Å². The van der Waals surface area contributed by atoms with Gasteiger partial charge in [0.2, 0.25) is 5.95 Å². The molecule has 0 radical (unpaired) electrons. The number of hydrogen-bond acceptors (Lipinski definition) is 5. The number of halogens is 1. The molecule has 0 bridgehead atoms. The fourth-order valence-electron chi connectivity index (χ4n) is 1.87. The minimum atomic E-state index is -0.624. The van der Waals surface area contributed by atoms with Crippen LogP contribution in [0.4, 0.5) is 10.3 Å². The molecule has 1 aromatic heterocycles. The number of anilines is 1. The SMILES string of the molecule is CCNc1ncc(C(=O)N[C@H](CO)c2ccc(F)cc2)cn1. The molecule has 116 valence electrons. The minimum absolute atomic E-state index is 0.280.